The molecule has 20 nitrogen and oxygen atoms in total. The van der Waals surface area contributed by atoms with Crippen LogP contribution >= 0.6 is 25.3 Å². The molecule has 428 valence electrons. The number of rotatable bonds is 30. The molecular weight excluding hydrogens is 1060 g/mol. The smallest absolute Gasteiger partial charge is 0.244 e. The predicted molar refractivity (Wildman–Crippen MR) is 313 cm³/mol. The lowest BCUT2D eigenvalue weighted by Gasteiger charge is -2.29. The molecule has 0 saturated carbocycles. The van der Waals surface area contributed by atoms with E-state index >= 15 is 0 Å². The van der Waals surface area contributed by atoms with Crippen molar-refractivity contribution in [3.05, 3.63) is 138 Å². The van der Waals surface area contributed by atoms with Crippen LogP contribution in [-0.2, 0) is 57.6 Å². The van der Waals surface area contributed by atoms with E-state index < -0.39 is 108 Å². The Morgan fingerprint density at radius 3 is 1.48 bits per heavy atom. The number of fused-ring (bicyclic) bond motifs is 1. The molecule has 8 amide bonds. The average Bonchev–Trinajstić information content (AvgIpc) is 3.44. The molecule has 5 rings (SSSR count). The van der Waals surface area contributed by atoms with E-state index in [4.69, 9.17) is 17.2 Å². The Kier molecular flexibility index (Phi) is 24.8. The van der Waals surface area contributed by atoms with Gasteiger partial charge in [-0.1, -0.05) is 123 Å². The summed E-state index contributed by atoms with van der Waals surface area (Å²) in [7, 11) is 0. The van der Waals surface area contributed by atoms with Crippen molar-refractivity contribution in [3.63, 3.8) is 0 Å². The number of hydrogen-bond donors (Lipinski definition) is 14. The summed E-state index contributed by atoms with van der Waals surface area (Å²) in [4.78, 5) is 110. The number of aromatic hydroxyl groups is 1. The van der Waals surface area contributed by atoms with Gasteiger partial charge in [-0.25, -0.2) is 0 Å². The number of carbonyl (C=O) groups excluding carboxylic acids is 8. The number of unbranched alkanes of at least 4 members (excludes halogenated alkanes) is 1. The number of nitrogens with two attached hydrogens (primary N) is 3. The predicted octanol–water partition coefficient (Wildman–Crippen LogP) is 1.47. The van der Waals surface area contributed by atoms with Crippen LogP contribution in [0.3, 0.4) is 0 Å². The zero-order valence-corrected chi connectivity index (χ0v) is 46.8. The van der Waals surface area contributed by atoms with Gasteiger partial charge in [0.25, 0.3) is 0 Å². The van der Waals surface area contributed by atoms with Gasteiger partial charge in [0.2, 0.25) is 47.3 Å². The lowest BCUT2D eigenvalue weighted by molar-refractivity contribution is -0.136. The summed E-state index contributed by atoms with van der Waals surface area (Å²) >= 11 is 8.55. The van der Waals surface area contributed by atoms with Gasteiger partial charge in [0.1, 0.15) is 48.0 Å². The van der Waals surface area contributed by atoms with Crippen LogP contribution in [0.4, 0.5) is 0 Å². The van der Waals surface area contributed by atoms with Gasteiger partial charge in [-0.05, 0) is 95.8 Å². The molecule has 0 aliphatic carbocycles. The Morgan fingerprint density at radius 1 is 0.487 bits per heavy atom. The Bertz CT molecular complexity index is 2900. The summed E-state index contributed by atoms with van der Waals surface area (Å²) in [6.45, 7) is 4.81. The van der Waals surface area contributed by atoms with Gasteiger partial charge >= 0.3 is 0 Å². The number of benzene rings is 5. The SMILES string of the molecule is CC(C)[C@H](NC(=O)[C@H](CCCCN)NC(=O)[C@@H](Cc1ccc(-c2ccccc2)cc1)NC(=O)[C@H](Cc1ccc(O)cc1)NC(=O)[C@H](CS)NC(=O)[C@@H](N)Cc1ccc2ccccc2c1)C(=O)N[C@@H](CS)C(=O)N[C@H](C(N)=O)[C@@H](C)O. The van der Waals surface area contributed by atoms with Crippen molar-refractivity contribution in [2.45, 2.75) is 114 Å². The Labute approximate surface area is 476 Å². The van der Waals surface area contributed by atoms with Gasteiger partial charge in [-0.15, -0.1) is 0 Å². The second kappa shape index (κ2) is 31.3. The first-order valence-corrected chi connectivity index (χ1v) is 27.7. The molecule has 0 heterocycles. The van der Waals surface area contributed by atoms with E-state index in [2.05, 4.69) is 62.5 Å². The van der Waals surface area contributed by atoms with E-state index in [1.54, 1.807) is 38.1 Å². The maximum Gasteiger partial charge on any atom is 0.244 e. The highest BCUT2D eigenvalue weighted by Crippen LogP contribution is 2.21. The quantitative estimate of drug-likeness (QED) is 0.0230. The van der Waals surface area contributed by atoms with Crippen LogP contribution in [0.2, 0.25) is 0 Å². The van der Waals surface area contributed by atoms with Crippen molar-refractivity contribution in [3.8, 4) is 16.9 Å². The standard InChI is InChI=1S/C58H74N10O10S2/c1-33(2)49(58(78)66-48(32-80)57(77)68-50(34(3)69)51(61)71)67-53(73)44(15-9-10-26-59)62-54(74)45(29-35-16-21-40(22-17-35)38-11-5-4-6-12-38)63-55(75)46(30-36-19-24-42(70)25-20-36)64-56(76)47(31-79)65-52(72)43(60)28-37-18-23-39-13-7-8-14-41(39)27-37/h4-8,11-14,16-25,27,33-34,43-50,69-70,79-80H,9-10,15,26,28-32,59-60H2,1-3H3,(H2,61,71)(H,62,74)(H,63,75)(H,64,76)(H,65,72)(H,66,78)(H,67,73)(H,68,77)/t34-,43+,44+,45-,46+,47+,48+,49+,50+/m1/s1. The lowest BCUT2D eigenvalue weighted by Crippen LogP contribution is -2.62. The number of phenolic OH excluding ortho intramolecular Hbond substituents is 1. The molecule has 9 atom stereocenters. The molecule has 0 fully saturated rings. The lowest BCUT2D eigenvalue weighted by atomic mass is 9.98. The fourth-order valence-electron chi connectivity index (χ4n) is 8.68. The number of primary amides is 1. The average molecular weight is 1140 g/mol. The number of carbonyl (C=O) groups is 8. The molecular formula is C58H74N10O10S2. The highest BCUT2D eigenvalue weighted by molar-refractivity contribution is 7.80. The number of hydrogen-bond acceptors (Lipinski definition) is 14. The maximum absolute atomic E-state index is 14.8. The molecule has 22 heteroatoms. The van der Waals surface area contributed by atoms with E-state index in [0.717, 1.165) is 27.5 Å². The van der Waals surface area contributed by atoms with Crippen LogP contribution in [0.25, 0.3) is 21.9 Å². The molecule has 0 aliphatic rings. The van der Waals surface area contributed by atoms with E-state index in [0.29, 0.717) is 24.0 Å². The van der Waals surface area contributed by atoms with Crippen LogP contribution in [0, 0.1) is 5.92 Å². The summed E-state index contributed by atoms with van der Waals surface area (Å²) in [5.74, 6) is -7.52. The van der Waals surface area contributed by atoms with Crippen molar-refractivity contribution >= 4 is 83.3 Å². The summed E-state index contributed by atoms with van der Waals surface area (Å²) in [5.41, 5.74) is 21.3. The van der Waals surface area contributed by atoms with Gasteiger partial charge in [-0.2, -0.15) is 25.3 Å². The van der Waals surface area contributed by atoms with Crippen LogP contribution < -0.4 is 54.4 Å². The molecule has 0 aliphatic heterocycles. The van der Waals surface area contributed by atoms with Crippen LogP contribution in [-0.4, -0.2) is 130 Å². The van der Waals surface area contributed by atoms with Gasteiger partial charge < -0.3 is 64.6 Å². The van der Waals surface area contributed by atoms with Gasteiger partial charge in [0, 0.05) is 24.3 Å². The summed E-state index contributed by atoms with van der Waals surface area (Å²) in [6, 6.07) is 25.8. The molecule has 0 aromatic heterocycles. The molecule has 5 aromatic carbocycles. The van der Waals surface area contributed by atoms with Gasteiger partial charge in [0.05, 0.1) is 12.1 Å². The number of aliphatic hydroxyl groups is 1. The third kappa shape index (κ3) is 19.1. The third-order valence-corrected chi connectivity index (χ3v) is 14.0. The minimum atomic E-state index is -1.46. The molecule has 15 N–H and O–H groups in total. The Hall–Kier alpha value is -7.50. The molecule has 80 heavy (non-hydrogen) atoms. The molecule has 0 radical (unpaired) electrons. The zero-order valence-electron chi connectivity index (χ0n) is 45.0. The fourth-order valence-corrected chi connectivity index (χ4v) is 9.19. The highest BCUT2D eigenvalue weighted by Gasteiger charge is 2.35. The van der Waals surface area contributed by atoms with Crippen LogP contribution in [0.5, 0.6) is 5.75 Å². The molecule has 0 unspecified atom stereocenters. The number of aliphatic hydroxyl groups excluding tert-OH is 1. The normalized spacial score (nSPS) is 14.6. The van der Waals surface area contributed by atoms with Crippen molar-refractivity contribution in [2.24, 2.45) is 23.1 Å². The zero-order chi connectivity index (χ0) is 58.5. The fraction of sp³-hybridized carbons (Fsp3) is 0.379. The van der Waals surface area contributed by atoms with Crippen molar-refractivity contribution in [2.75, 3.05) is 18.1 Å². The van der Waals surface area contributed by atoms with Gasteiger partial charge in [0.15, 0.2) is 0 Å². The minimum absolute atomic E-state index is 0.0463. The second-order valence-electron chi connectivity index (χ2n) is 19.9. The number of thiol groups is 2. The molecule has 0 spiro atoms. The van der Waals surface area contributed by atoms with Crippen molar-refractivity contribution < 1.29 is 48.6 Å². The molecule has 5 aromatic rings. The third-order valence-electron chi connectivity index (χ3n) is 13.3. The molecule has 0 saturated heterocycles. The highest BCUT2D eigenvalue weighted by atomic mass is 32.1. The van der Waals surface area contributed by atoms with Gasteiger partial charge in [-0.3, -0.25) is 38.4 Å². The maximum atomic E-state index is 14.8. The first-order chi connectivity index (χ1) is 38.2. The van der Waals surface area contributed by atoms with Crippen molar-refractivity contribution in [1.29, 1.82) is 0 Å². The van der Waals surface area contributed by atoms with E-state index in [9.17, 15) is 48.6 Å². The Morgan fingerprint density at radius 2 is 0.938 bits per heavy atom. The second-order valence-corrected chi connectivity index (χ2v) is 20.7. The largest absolute Gasteiger partial charge is 0.508 e. The topological polar surface area (TPSA) is 339 Å². The van der Waals surface area contributed by atoms with Crippen LogP contribution in [0.1, 0.15) is 56.7 Å². The first kappa shape index (κ1) is 63.3. The van der Waals surface area contributed by atoms with E-state index in [1.165, 1.54) is 19.1 Å². The van der Waals surface area contributed by atoms with E-state index in [1.807, 2.05) is 84.9 Å². The van der Waals surface area contributed by atoms with E-state index in [-0.39, 0.29) is 49.5 Å². The number of amides is 8. The first-order valence-electron chi connectivity index (χ1n) is 26.4. The Balaban J connectivity index is 1.41. The summed E-state index contributed by atoms with van der Waals surface area (Å²) in [6.07, 6.45) is -0.572. The summed E-state index contributed by atoms with van der Waals surface area (Å²) in [5, 5.41) is 40.6. The monoisotopic (exact) mass is 1130 g/mol. The molecule has 0 bridgehead atoms. The number of nitrogens with one attached hydrogen (secondary N) is 7. The minimum Gasteiger partial charge on any atom is -0.508 e. The van der Waals surface area contributed by atoms with Crippen LogP contribution in [0.15, 0.2) is 121 Å². The van der Waals surface area contributed by atoms with Crippen molar-refractivity contribution in [1.82, 2.24) is 37.2 Å². The summed E-state index contributed by atoms with van der Waals surface area (Å²) < 4.78 is 0. The number of phenols is 1.